The van der Waals surface area contributed by atoms with Crippen molar-refractivity contribution < 1.29 is 27.6 Å². The molecule has 3 N–H and O–H groups in total. The molecule has 0 bridgehead atoms. The number of carbonyl (C=O) groups is 3. The zero-order valence-corrected chi connectivity index (χ0v) is 14.5. The second-order valence-electron chi connectivity index (χ2n) is 6.28. The van der Waals surface area contributed by atoms with Crippen LogP contribution < -0.4 is 16.0 Å². The Bertz CT molecular complexity index is 957. The summed E-state index contributed by atoms with van der Waals surface area (Å²) in [5.41, 5.74) is 4.03. The van der Waals surface area contributed by atoms with Gasteiger partial charge in [-0.25, -0.2) is 0 Å². The van der Waals surface area contributed by atoms with Crippen LogP contribution in [0.2, 0.25) is 0 Å². The zero-order valence-electron chi connectivity index (χ0n) is 14.5. The Kier molecular flexibility index (Phi) is 5.08. The number of hydrogen-bond acceptors (Lipinski definition) is 3. The van der Waals surface area contributed by atoms with E-state index in [4.69, 9.17) is 5.73 Å². The molecule has 1 heterocycles. The van der Waals surface area contributed by atoms with E-state index in [2.05, 4.69) is 5.32 Å². The van der Waals surface area contributed by atoms with Crippen LogP contribution in [0, 0.1) is 0 Å². The SMILES string of the molecule is NC(=O)c1ccccc1NC(=O)c1cc(N2CCCC2=O)cc(C(F)(F)F)c1. The third-order valence-corrected chi connectivity index (χ3v) is 4.33. The largest absolute Gasteiger partial charge is 0.416 e. The number of hydrogen-bond donors (Lipinski definition) is 2. The normalized spacial score (nSPS) is 14.2. The number of alkyl halides is 3. The van der Waals surface area contributed by atoms with Crippen LogP contribution in [0.1, 0.15) is 39.1 Å². The van der Waals surface area contributed by atoms with Crippen LogP contribution in [0.5, 0.6) is 0 Å². The van der Waals surface area contributed by atoms with Gasteiger partial charge in [0.1, 0.15) is 0 Å². The molecule has 3 amide bonds. The molecule has 1 fully saturated rings. The van der Waals surface area contributed by atoms with Gasteiger partial charge in [0.25, 0.3) is 11.8 Å². The Morgan fingerprint density at radius 2 is 1.82 bits per heavy atom. The standard InChI is InChI=1S/C19H16F3N3O3/c20-19(21,22)12-8-11(9-13(10-12)25-7-3-6-16(25)26)18(28)24-15-5-2-1-4-14(15)17(23)27/h1-2,4-5,8-10H,3,6-7H2,(H2,23,27)(H,24,28). The first kappa shape index (κ1) is 19.4. The smallest absolute Gasteiger partial charge is 0.366 e. The minimum atomic E-state index is -4.70. The monoisotopic (exact) mass is 391 g/mol. The van der Waals surface area contributed by atoms with E-state index in [1.54, 1.807) is 6.07 Å². The van der Waals surface area contributed by atoms with Crippen molar-refractivity contribution in [2.75, 3.05) is 16.8 Å². The number of anilines is 2. The van der Waals surface area contributed by atoms with Gasteiger partial charge in [-0.15, -0.1) is 0 Å². The molecule has 2 aromatic rings. The fraction of sp³-hybridized carbons (Fsp3) is 0.211. The maximum atomic E-state index is 13.3. The Labute approximate surface area is 158 Å². The topological polar surface area (TPSA) is 92.5 Å². The van der Waals surface area contributed by atoms with Crippen molar-refractivity contribution in [2.24, 2.45) is 5.73 Å². The number of nitrogens with two attached hydrogens (primary N) is 1. The molecule has 28 heavy (non-hydrogen) atoms. The van der Waals surface area contributed by atoms with E-state index in [1.165, 1.54) is 29.2 Å². The van der Waals surface area contributed by atoms with Gasteiger partial charge in [0.2, 0.25) is 5.91 Å². The first-order chi connectivity index (χ1) is 13.2. The fourth-order valence-electron chi connectivity index (χ4n) is 2.98. The molecule has 9 heteroatoms. The summed E-state index contributed by atoms with van der Waals surface area (Å²) in [6, 6.07) is 8.65. The quantitative estimate of drug-likeness (QED) is 0.838. The van der Waals surface area contributed by atoms with E-state index < -0.39 is 23.6 Å². The number of primary amides is 1. The van der Waals surface area contributed by atoms with E-state index in [9.17, 15) is 27.6 Å². The molecular weight excluding hydrogens is 375 g/mol. The van der Waals surface area contributed by atoms with Crippen molar-refractivity contribution in [1.29, 1.82) is 0 Å². The molecule has 2 aromatic carbocycles. The summed E-state index contributed by atoms with van der Waals surface area (Å²) in [4.78, 5) is 37.2. The van der Waals surface area contributed by atoms with Gasteiger partial charge in [0.15, 0.2) is 0 Å². The van der Waals surface area contributed by atoms with Crippen LogP contribution in [0.25, 0.3) is 0 Å². The summed E-state index contributed by atoms with van der Waals surface area (Å²) in [6.45, 7) is 0.283. The average molecular weight is 391 g/mol. The van der Waals surface area contributed by atoms with Crippen LogP contribution in [-0.2, 0) is 11.0 Å². The maximum Gasteiger partial charge on any atom is 0.416 e. The molecule has 146 valence electrons. The lowest BCUT2D eigenvalue weighted by Crippen LogP contribution is -2.25. The summed E-state index contributed by atoms with van der Waals surface area (Å²) in [5.74, 6) is -1.94. The van der Waals surface area contributed by atoms with Crippen molar-refractivity contribution in [2.45, 2.75) is 19.0 Å². The highest BCUT2D eigenvalue weighted by molar-refractivity contribution is 6.09. The molecule has 0 saturated carbocycles. The van der Waals surface area contributed by atoms with Gasteiger partial charge in [-0.1, -0.05) is 12.1 Å². The molecule has 0 unspecified atom stereocenters. The number of carbonyl (C=O) groups excluding carboxylic acids is 3. The predicted molar refractivity (Wildman–Crippen MR) is 95.9 cm³/mol. The highest BCUT2D eigenvalue weighted by atomic mass is 19.4. The van der Waals surface area contributed by atoms with E-state index in [0.717, 1.165) is 6.07 Å². The summed E-state index contributed by atoms with van der Waals surface area (Å²) in [6.07, 6.45) is -3.93. The van der Waals surface area contributed by atoms with Gasteiger partial charge in [-0.2, -0.15) is 13.2 Å². The van der Waals surface area contributed by atoms with Crippen molar-refractivity contribution in [3.05, 3.63) is 59.2 Å². The molecule has 0 atom stereocenters. The summed E-state index contributed by atoms with van der Waals surface area (Å²) < 4.78 is 39.9. The zero-order chi connectivity index (χ0) is 20.5. The first-order valence-corrected chi connectivity index (χ1v) is 8.39. The van der Waals surface area contributed by atoms with Crippen molar-refractivity contribution >= 4 is 29.1 Å². The molecule has 0 radical (unpaired) electrons. The second-order valence-corrected chi connectivity index (χ2v) is 6.28. The van der Waals surface area contributed by atoms with E-state index in [0.29, 0.717) is 12.5 Å². The fourth-order valence-corrected chi connectivity index (χ4v) is 2.98. The van der Waals surface area contributed by atoms with Gasteiger partial charge in [-0.05, 0) is 36.8 Å². The first-order valence-electron chi connectivity index (χ1n) is 8.39. The molecule has 1 saturated heterocycles. The minimum Gasteiger partial charge on any atom is -0.366 e. The predicted octanol–water partition coefficient (Wildman–Crippen LogP) is 3.18. The Hall–Kier alpha value is -3.36. The summed E-state index contributed by atoms with van der Waals surface area (Å²) in [5, 5.41) is 2.41. The average Bonchev–Trinajstić information content (AvgIpc) is 3.07. The number of benzene rings is 2. The molecule has 0 spiro atoms. The lowest BCUT2D eigenvalue weighted by Gasteiger charge is -2.19. The highest BCUT2D eigenvalue weighted by Crippen LogP contribution is 2.34. The number of nitrogens with one attached hydrogen (secondary N) is 1. The minimum absolute atomic E-state index is 0.00524. The number of nitrogens with zero attached hydrogens (tertiary/aromatic N) is 1. The van der Waals surface area contributed by atoms with Gasteiger partial charge in [0, 0.05) is 24.2 Å². The number of para-hydroxylation sites is 1. The number of halogens is 3. The summed E-state index contributed by atoms with van der Waals surface area (Å²) in [7, 11) is 0. The third-order valence-electron chi connectivity index (χ3n) is 4.33. The number of amides is 3. The maximum absolute atomic E-state index is 13.3. The van der Waals surface area contributed by atoms with Gasteiger partial charge < -0.3 is 16.0 Å². The van der Waals surface area contributed by atoms with Crippen molar-refractivity contribution in [1.82, 2.24) is 0 Å². The lowest BCUT2D eigenvalue weighted by molar-refractivity contribution is -0.137. The van der Waals surface area contributed by atoms with Crippen LogP contribution in [0.3, 0.4) is 0 Å². The molecular formula is C19H16F3N3O3. The van der Waals surface area contributed by atoms with Crippen LogP contribution in [-0.4, -0.2) is 24.3 Å². The summed E-state index contributed by atoms with van der Waals surface area (Å²) >= 11 is 0. The van der Waals surface area contributed by atoms with Crippen molar-refractivity contribution in [3.8, 4) is 0 Å². The Morgan fingerprint density at radius 3 is 2.43 bits per heavy atom. The third kappa shape index (κ3) is 3.98. The molecule has 1 aliphatic heterocycles. The van der Waals surface area contributed by atoms with E-state index in [1.807, 2.05) is 0 Å². The van der Waals surface area contributed by atoms with Gasteiger partial charge >= 0.3 is 6.18 Å². The highest BCUT2D eigenvalue weighted by Gasteiger charge is 2.33. The second kappa shape index (κ2) is 7.34. The Morgan fingerprint density at radius 1 is 1.11 bits per heavy atom. The number of rotatable bonds is 4. The van der Waals surface area contributed by atoms with Crippen LogP contribution >= 0.6 is 0 Å². The molecule has 0 aromatic heterocycles. The Balaban J connectivity index is 2.00. The van der Waals surface area contributed by atoms with Crippen LogP contribution in [0.15, 0.2) is 42.5 Å². The molecule has 1 aliphatic rings. The van der Waals surface area contributed by atoms with E-state index in [-0.39, 0.29) is 41.4 Å². The molecule has 3 rings (SSSR count). The van der Waals surface area contributed by atoms with Crippen molar-refractivity contribution in [3.63, 3.8) is 0 Å². The van der Waals surface area contributed by atoms with Gasteiger partial charge in [-0.3, -0.25) is 14.4 Å². The molecule has 0 aliphatic carbocycles. The lowest BCUT2D eigenvalue weighted by atomic mass is 10.1. The van der Waals surface area contributed by atoms with E-state index >= 15 is 0 Å². The van der Waals surface area contributed by atoms with Gasteiger partial charge in [0.05, 0.1) is 16.8 Å². The molecule has 6 nitrogen and oxygen atoms in total. The van der Waals surface area contributed by atoms with Crippen LogP contribution in [0.4, 0.5) is 24.5 Å².